The molecule has 0 aliphatic carbocycles. The standard InChI is InChI=1S/C28H33N5O3/c1-28(2,3)36-27(35)31-22(16-18-17-32(4)23-13-8-5-10-19(18)23)26(34)33-15-9-14-24(33)25-29-20-11-6-7-12-21(20)30-25/h5-8,10-13,17,22,24H,9,14-16H2,1-4H3,(H,29,30)(H,31,35)/t22-,24-/m1/s1. The molecule has 188 valence electrons. The van der Waals surface area contributed by atoms with Crippen molar-refractivity contribution in [2.45, 2.75) is 57.7 Å². The Balaban J connectivity index is 1.45. The predicted octanol–water partition coefficient (Wildman–Crippen LogP) is 4.85. The molecular formula is C28H33N5O3. The fraction of sp³-hybridized carbons (Fsp3) is 0.393. The van der Waals surface area contributed by atoms with E-state index in [1.165, 1.54) is 0 Å². The van der Waals surface area contributed by atoms with Gasteiger partial charge in [0, 0.05) is 37.1 Å². The summed E-state index contributed by atoms with van der Waals surface area (Å²) in [6, 6.07) is 15.0. The van der Waals surface area contributed by atoms with Crippen LogP contribution in [0.4, 0.5) is 4.79 Å². The van der Waals surface area contributed by atoms with Crippen molar-refractivity contribution < 1.29 is 14.3 Å². The summed E-state index contributed by atoms with van der Waals surface area (Å²) in [5.41, 5.74) is 3.25. The minimum Gasteiger partial charge on any atom is -0.444 e. The number of hydrogen-bond donors (Lipinski definition) is 2. The number of alkyl carbamates (subject to hydrolysis) is 1. The number of rotatable bonds is 5. The van der Waals surface area contributed by atoms with Gasteiger partial charge in [0.2, 0.25) is 5.91 Å². The van der Waals surface area contributed by atoms with E-state index in [0.717, 1.165) is 46.2 Å². The number of imidazole rings is 1. The molecule has 5 rings (SSSR count). The molecule has 2 aromatic carbocycles. The maximum atomic E-state index is 14.0. The van der Waals surface area contributed by atoms with Crippen molar-refractivity contribution in [1.29, 1.82) is 0 Å². The van der Waals surface area contributed by atoms with E-state index < -0.39 is 17.7 Å². The molecule has 3 heterocycles. The van der Waals surface area contributed by atoms with Crippen LogP contribution >= 0.6 is 0 Å². The van der Waals surface area contributed by atoms with Crippen molar-refractivity contribution in [2.24, 2.45) is 7.05 Å². The summed E-state index contributed by atoms with van der Waals surface area (Å²) in [7, 11) is 1.99. The van der Waals surface area contributed by atoms with E-state index in [1.54, 1.807) is 0 Å². The van der Waals surface area contributed by atoms with Gasteiger partial charge in [-0.15, -0.1) is 0 Å². The van der Waals surface area contributed by atoms with E-state index in [0.29, 0.717) is 13.0 Å². The van der Waals surface area contributed by atoms with Crippen molar-refractivity contribution in [3.63, 3.8) is 0 Å². The molecule has 1 fully saturated rings. The molecule has 2 amide bonds. The highest BCUT2D eigenvalue weighted by Gasteiger charge is 2.37. The molecular weight excluding hydrogens is 454 g/mol. The Morgan fingerprint density at radius 1 is 1.17 bits per heavy atom. The molecule has 1 saturated heterocycles. The van der Waals surface area contributed by atoms with Crippen LogP contribution in [0.1, 0.15) is 51.0 Å². The van der Waals surface area contributed by atoms with Crippen molar-refractivity contribution in [3.05, 3.63) is 66.1 Å². The summed E-state index contributed by atoms with van der Waals surface area (Å²) in [5, 5.41) is 3.95. The highest BCUT2D eigenvalue weighted by Crippen LogP contribution is 2.32. The zero-order valence-corrected chi connectivity index (χ0v) is 21.2. The van der Waals surface area contributed by atoms with Gasteiger partial charge in [0.05, 0.1) is 17.1 Å². The molecule has 8 nitrogen and oxygen atoms in total. The van der Waals surface area contributed by atoms with Crippen molar-refractivity contribution >= 4 is 33.9 Å². The number of carbonyl (C=O) groups excluding carboxylic acids is 2. The van der Waals surface area contributed by atoms with Crippen LogP contribution in [-0.4, -0.2) is 49.6 Å². The Bertz CT molecular complexity index is 1380. The lowest BCUT2D eigenvalue weighted by atomic mass is 10.0. The molecule has 2 aromatic heterocycles. The van der Waals surface area contributed by atoms with Crippen LogP contribution in [0.25, 0.3) is 21.9 Å². The number of ether oxygens (including phenoxy) is 1. The molecule has 0 radical (unpaired) electrons. The first-order valence-electron chi connectivity index (χ1n) is 12.5. The number of para-hydroxylation sites is 3. The normalized spacial score (nSPS) is 17.0. The molecule has 2 N–H and O–H groups in total. The van der Waals surface area contributed by atoms with Gasteiger partial charge in [0.1, 0.15) is 17.5 Å². The zero-order valence-electron chi connectivity index (χ0n) is 21.2. The van der Waals surface area contributed by atoms with Crippen molar-refractivity contribution in [1.82, 2.24) is 24.8 Å². The minimum atomic E-state index is -0.768. The largest absolute Gasteiger partial charge is 0.444 e. The SMILES string of the molecule is Cn1cc(C[C@@H](NC(=O)OC(C)(C)C)C(=O)N2CCC[C@@H]2c2nc3ccccc3[nH]2)c2ccccc21. The van der Waals surface area contributed by atoms with Crippen LogP contribution in [0.5, 0.6) is 0 Å². The monoisotopic (exact) mass is 487 g/mol. The smallest absolute Gasteiger partial charge is 0.408 e. The van der Waals surface area contributed by atoms with Gasteiger partial charge >= 0.3 is 6.09 Å². The first-order chi connectivity index (χ1) is 17.2. The number of hydrogen-bond acceptors (Lipinski definition) is 4. The number of amides is 2. The average Bonchev–Trinajstić information content (AvgIpc) is 3.54. The van der Waals surface area contributed by atoms with E-state index in [1.807, 2.05) is 85.9 Å². The summed E-state index contributed by atoms with van der Waals surface area (Å²) >= 11 is 0. The Labute approximate surface area is 210 Å². The number of likely N-dealkylation sites (tertiary alicyclic amines) is 1. The Hall–Kier alpha value is -3.81. The van der Waals surface area contributed by atoms with Gasteiger partial charge in [-0.1, -0.05) is 30.3 Å². The number of H-pyrrole nitrogens is 1. The molecule has 36 heavy (non-hydrogen) atoms. The topological polar surface area (TPSA) is 92.2 Å². The van der Waals surface area contributed by atoms with Crippen LogP contribution in [0, 0.1) is 0 Å². The van der Waals surface area contributed by atoms with E-state index in [4.69, 9.17) is 9.72 Å². The molecule has 0 unspecified atom stereocenters. The van der Waals surface area contributed by atoms with Crippen LogP contribution in [-0.2, 0) is 23.0 Å². The second-order valence-electron chi connectivity index (χ2n) is 10.5. The van der Waals surface area contributed by atoms with Gasteiger partial charge in [-0.25, -0.2) is 9.78 Å². The minimum absolute atomic E-state index is 0.128. The van der Waals surface area contributed by atoms with E-state index >= 15 is 0 Å². The molecule has 0 saturated carbocycles. The summed E-state index contributed by atoms with van der Waals surface area (Å²) in [6.45, 7) is 6.05. The van der Waals surface area contributed by atoms with E-state index in [2.05, 4.69) is 16.4 Å². The summed E-state index contributed by atoms with van der Waals surface area (Å²) < 4.78 is 7.57. The fourth-order valence-electron chi connectivity index (χ4n) is 5.10. The molecule has 1 aliphatic rings. The average molecular weight is 488 g/mol. The summed E-state index contributed by atoms with van der Waals surface area (Å²) in [5.74, 6) is 0.653. The van der Waals surface area contributed by atoms with Gasteiger partial charge < -0.3 is 24.5 Å². The van der Waals surface area contributed by atoms with Gasteiger partial charge in [0.15, 0.2) is 0 Å². The maximum Gasteiger partial charge on any atom is 0.408 e. The van der Waals surface area contributed by atoms with Crippen LogP contribution in [0.3, 0.4) is 0 Å². The second kappa shape index (κ2) is 9.33. The van der Waals surface area contributed by atoms with Gasteiger partial charge in [-0.05, 0) is 57.4 Å². The number of fused-ring (bicyclic) bond motifs is 2. The van der Waals surface area contributed by atoms with E-state index in [-0.39, 0.29) is 11.9 Å². The third-order valence-corrected chi connectivity index (χ3v) is 6.65. The Morgan fingerprint density at radius 2 is 1.92 bits per heavy atom. The number of benzene rings is 2. The van der Waals surface area contributed by atoms with Crippen LogP contribution in [0.15, 0.2) is 54.7 Å². The Kier molecular flexibility index (Phi) is 6.20. The van der Waals surface area contributed by atoms with Crippen molar-refractivity contribution in [3.8, 4) is 0 Å². The lowest BCUT2D eigenvalue weighted by Gasteiger charge is -2.29. The zero-order chi connectivity index (χ0) is 25.4. The number of aromatic nitrogens is 3. The third-order valence-electron chi connectivity index (χ3n) is 6.65. The molecule has 0 spiro atoms. The third kappa shape index (κ3) is 4.80. The number of nitrogens with one attached hydrogen (secondary N) is 2. The number of aryl methyl sites for hydroxylation is 1. The maximum absolute atomic E-state index is 14.0. The fourth-order valence-corrected chi connectivity index (χ4v) is 5.10. The van der Waals surface area contributed by atoms with E-state index in [9.17, 15) is 9.59 Å². The van der Waals surface area contributed by atoms with Gasteiger partial charge in [0.25, 0.3) is 0 Å². The highest BCUT2D eigenvalue weighted by atomic mass is 16.6. The number of nitrogens with zero attached hydrogens (tertiary/aromatic N) is 3. The Morgan fingerprint density at radius 3 is 2.69 bits per heavy atom. The van der Waals surface area contributed by atoms with Gasteiger partial charge in [-0.3, -0.25) is 4.79 Å². The highest BCUT2D eigenvalue weighted by molar-refractivity contribution is 5.89. The molecule has 0 bridgehead atoms. The van der Waals surface area contributed by atoms with Gasteiger partial charge in [-0.2, -0.15) is 0 Å². The summed E-state index contributed by atoms with van der Waals surface area (Å²) in [6.07, 6.45) is 3.49. The lowest BCUT2D eigenvalue weighted by molar-refractivity contribution is -0.134. The molecule has 4 aromatic rings. The first kappa shape index (κ1) is 23.9. The second-order valence-corrected chi connectivity index (χ2v) is 10.5. The summed E-state index contributed by atoms with van der Waals surface area (Å²) in [4.78, 5) is 36.8. The quantitative estimate of drug-likeness (QED) is 0.421. The molecule has 8 heteroatoms. The predicted molar refractivity (Wildman–Crippen MR) is 140 cm³/mol. The van der Waals surface area contributed by atoms with Crippen molar-refractivity contribution in [2.75, 3.05) is 6.54 Å². The first-order valence-corrected chi connectivity index (χ1v) is 12.5. The number of aromatic amines is 1. The number of carbonyl (C=O) groups is 2. The van der Waals surface area contributed by atoms with Crippen LogP contribution < -0.4 is 5.32 Å². The molecule has 2 atom stereocenters. The lowest BCUT2D eigenvalue weighted by Crippen LogP contribution is -2.50. The molecule has 1 aliphatic heterocycles. The van der Waals surface area contributed by atoms with Crippen LogP contribution in [0.2, 0.25) is 0 Å².